The summed E-state index contributed by atoms with van der Waals surface area (Å²) in [6, 6.07) is 1.29. The van der Waals surface area contributed by atoms with Crippen LogP contribution in [-0.4, -0.2) is 54.0 Å². The van der Waals surface area contributed by atoms with Gasteiger partial charge in [-0.25, -0.2) is 4.79 Å². The molecule has 0 bridgehead atoms. The molecule has 0 radical (unpaired) electrons. The highest BCUT2D eigenvalue weighted by molar-refractivity contribution is 7.51. The maximum Gasteiger partial charge on any atom is 0.351 e. The van der Waals surface area contributed by atoms with Gasteiger partial charge in [-0.1, -0.05) is 0 Å². The molecule has 0 saturated carbocycles. The molecule has 2 heterocycles. The summed E-state index contributed by atoms with van der Waals surface area (Å²) in [5.74, 6) is -0.0222. The molecule has 0 aromatic carbocycles. The lowest BCUT2D eigenvalue weighted by molar-refractivity contribution is -0.0350. The van der Waals surface area contributed by atoms with Crippen molar-refractivity contribution in [3.8, 4) is 0 Å². The number of rotatable bonds is 3. The van der Waals surface area contributed by atoms with Crippen molar-refractivity contribution in [1.82, 2.24) is 9.55 Å². The van der Waals surface area contributed by atoms with Crippen LogP contribution in [0.1, 0.15) is 6.23 Å². The minimum Gasteiger partial charge on any atom is -0.387 e. The molecular weight excluding hydrogens is 293 g/mol. The fourth-order valence-corrected chi connectivity index (χ4v) is 2.73. The molecule has 11 heteroatoms. The number of aromatic nitrogens is 2. The molecular formula is C9H14N3O7P. The van der Waals surface area contributed by atoms with Gasteiger partial charge in [-0.15, -0.1) is 0 Å². The summed E-state index contributed by atoms with van der Waals surface area (Å²) < 4.78 is 17.0. The molecule has 1 aromatic heterocycles. The number of nitrogens with two attached hydrogens (primary N) is 1. The number of anilines is 1. The lowest BCUT2D eigenvalue weighted by Gasteiger charge is -2.16. The van der Waals surface area contributed by atoms with Gasteiger partial charge >= 0.3 is 13.3 Å². The van der Waals surface area contributed by atoms with E-state index in [1.165, 1.54) is 12.3 Å². The number of nitrogen functional groups attached to an aromatic ring is 1. The first-order chi connectivity index (χ1) is 9.19. The molecule has 1 aliphatic heterocycles. The summed E-state index contributed by atoms with van der Waals surface area (Å²) in [6.45, 7) is 0. The highest BCUT2D eigenvalue weighted by Crippen LogP contribution is 2.40. The van der Waals surface area contributed by atoms with Crippen LogP contribution >= 0.6 is 7.60 Å². The molecule has 2 rings (SSSR count). The smallest absolute Gasteiger partial charge is 0.351 e. The molecule has 20 heavy (non-hydrogen) atoms. The fraction of sp³-hybridized carbons (Fsp3) is 0.556. The van der Waals surface area contributed by atoms with E-state index in [-0.39, 0.29) is 5.82 Å². The lowest BCUT2D eigenvalue weighted by Crippen LogP contribution is -2.36. The minimum absolute atomic E-state index is 0.0222. The van der Waals surface area contributed by atoms with Crippen molar-refractivity contribution in [2.24, 2.45) is 0 Å². The maximum atomic E-state index is 11.6. The third-order valence-electron chi connectivity index (χ3n) is 2.88. The molecule has 1 saturated heterocycles. The second kappa shape index (κ2) is 5.24. The van der Waals surface area contributed by atoms with Crippen LogP contribution in [0.25, 0.3) is 0 Å². The van der Waals surface area contributed by atoms with Crippen molar-refractivity contribution >= 4 is 13.4 Å². The molecule has 112 valence electrons. The van der Waals surface area contributed by atoms with Crippen LogP contribution in [0.3, 0.4) is 0 Å². The Morgan fingerprint density at radius 1 is 1.40 bits per heavy atom. The Kier molecular flexibility index (Phi) is 3.96. The number of hydrogen-bond acceptors (Lipinski definition) is 7. The number of nitrogens with zero attached hydrogens (tertiary/aromatic N) is 2. The Balaban J connectivity index is 2.26. The van der Waals surface area contributed by atoms with Gasteiger partial charge in [0.1, 0.15) is 24.1 Å². The topological polar surface area (TPSA) is 168 Å². The van der Waals surface area contributed by atoms with Gasteiger partial charge < -0.3 is 30.5 Å². The quantitative estimate of drug-likeness (QED) is 0.383. The van der Waals surface area contributed by atoms with Crippen LogP contribution in [0.15, 0.2) is 17.1 Å². The standard InChI is InChI=1S/C9H14N3O7P/c10-5-1-2-12(9(15)11-5)8-7(14)6(13)4(19-8)3-20(16,17)18/h1-2,4,6-8,13-14H,3H2,(H2,10,11,15)(H2,16,17,18)/t4-,6-,7-,8?/m1/s1. The minimum atomic E-state index is -4.44. The van der Waals surface area contributed by atoms with Crippen molar-refractivity contribution < 1.29 is 29.3 Å². The summed E-state index contributed by atoms with van der Waals surface area (Å²) in [6.07, 6.45) is -5.18. The zero-order valence-electron chi connectivity index (χ0n) is 10.1. The number of hydrogen-bond donors (Lipinski definition) is 5. The van der Waals surface area contributed by atoms with E-state index < -0.39 is 44.0 Å². The summed E-state index contributed by atoms with van der Waals surface area (Å²) in [5, 5.41) is 19.5. The van der Waals surface area contributed by atoms with Gasteiger partial charge in [-0.3, -0.25) is 9.13 Å². The van der Waals surface area contributed by atoms with Crippen LogP contribution in [0, 0.1) is 0 Å². The Bertz CT molecular complexity index is 599. The highest BCUT2D eigenvalue weighted by Gasteiger charge is 2.46. The highest BCUT2D eigenvalue weighted by atomic mass is 31.2. The van der Waals surface area contributed by atoms with Crippen LogP contribution in [0.5, 0.6) is 0 Å². The van der Waals surface area contributed by atoms with Crippen LogP contribution in [-0.2, 0) is 9.30 Å². The van der Waals surface area contributed by atoms with E-state index in [2.05, 4.69) is 4.98 Å². The first kappa shape index (κ1) is 15.1. The van der Waals surface area contributed by atoms with Gasteiger partial charge in [0.2, 0.25) is 0 Å². The summed E-state index contributed by atoms with van der Waals surface area (Å²) in [4.78, 5) is 32.8. The van der Waals surface area contributed by atoms with Gasteiger partial charge in [0.15, 0.2) is 6.23 Å². The molecule has 0 spiro atoms. The van der Waals surface area contributed by atoms with E-state index in [0.29, 0.717) is 0 Å². The predicted molar refractivity (Wildman–Crippen MR) is 65.7 cm³/mol. The normalized spacial score (nSPS) is 30.6. The molecule has 0 aliphatic carbocycles. The summed E-state index contributed by atoms with van der Waals surface area (Å²) >= 11 is 0. The van der Waals surface area contributed by atoms with Gasteiger partial charge in [0.05, 0.1) is 6.16 Å². The predicted octanol–water partition coefficient (Wildman–Crippen LogP) is -2.38. The van der Waals surface area contributed by atoms with E-state index in [1.807, 2.05) is 0 Å². The van der Waals surface area contributed by atoms with Crippen LogP contribution in [0.4, 0.5) is 5.82 Å². The molecule has 10 nitrogen and oxygen atoms in total. The molecule has 1 aliphatic rings. The van der Waals surface area contributed by atoms with E-state index >= 15 is 0 Å². The maximum absolute atomic E-state index is 11.6. The average Bonchev–Trinajstić information content (AvgIpc) is 2.56. The Labute approximate surface area is 112 Å². The third-order valence-corrected chi connectivity index (χ3v) is 3.72. The van der Waals surface area contributed by atoms with Gasteiger partial charge in [-0.2, -0.15) is 4.98 Å². The molecule has 4 atom stereocenters. The molecule has 1 unspecified atom stereocenters. The SMILES string of the molecule is Nc1ccn(C2O[C@H](CP(=O)(O)O)[C@@H](O)[C@H]2O)c(=O)n1. The van der Waals surface area contributed by atoms with Crippen molar-refractivity contribution in [3.05, 3.63) is 22.7 Å². The van der Waals surface area contributed by atoms with Crippen molar-refractivity contribution in [1.29, 1.82) is 0 Å². The van der Waals surface area contributed by atoms with Crippen molar-refractivity contribution in [2.75, 3.05) is 11.9 Å². The third kappa shape index (κ3) is 3.06. The number of aliphatic hydroxyl groups excluding tert-OH is 2. The van der Waals surface area contributed by atoms with Crippen LogP contribution in [0.2, 0.25) is 0 Å². The van der Waals surface area contributed by atoms with Gasteiger partial charge in [0.25, 0.3) is 0 Å². The molecule has 1 aromatic rings. The molecule has 1 fully saturated rings. The van der Waals surface area contributed by atoms with Gasteiger partial charge in [0, 0.05) is 6.20 Å². The Morgan fingerprint density at radius 2 is 2.05 bits per heavy atom. The Morgan fingerprint density at radius 3 is 2.60 bits per heavy atom. The molecule has 6 N–H and O–H groups in total. The number of aliphatic hydroxyl groups is 2. The average molecular weight is 307 g/mol. The zero-order valence-corrected chi connectivity index (χ0v) is 11.0. The van der Waals surface area contributed by atoms with Crippen LogP contribution < -0.4 is 11.4 Å². The second-order valence-corrected chi connectivity index (χ2v) is 6.13. The summed E-state index contributed by atoms with van der Waals surface area (Å²) in [7, 11) is -4.44. The zero-order chi connectivity index (χ0) is 15.1. The first-order valence-corrected chi connectivity index (χ1v) is 7.39. The number of ether oxygens (including phenoxy) is 1. The van der Waals surface area contributed by atoms with E-state index in [0.717, 1.165) is 4.57 Å². The Hall–Kier alpha value is -1.29. The fourth-order valence-electron chi connectivity index (χ4n) is 1.96. The van der Waals surface area contributed by atoms with Crippen molar-refractivity contribution in [3.63, 3.8) is 0 Å². The first-order valence-electron chi connectivity index (χ1n) is 5.60. The van der Waals surface area contributed by atoms with Crippen molar-refractivity contribution in [2.45, 2.75) is 24.5 Å². The van der Waals surface area contributed by atoms with Gasteiger partial charge in [-0.05, 0) is 6.07 Å². The van der Waals surface area contributed by atoms with E-state index in [9.17, 15) is 19.6 Å². The largest absolute Gasteiger partial charge is 0.387 e. The monoisotopic (exact) mass is 307 g/mol. The second-order valence-electron chi connectivity index (χ2n) is 4.44. The lowest BCUT2D eigenvalue weighted by atomic mass is 10.1. The summed E-state index contributed by atoms with van der Waals surface area (Å²) in [5.41, 5.74) is 4.51. The molecule has 0 amide bonds. The van der Waals surface area contributed by atoms with E-state index in [1.54, 1.807) is 0 Å². The van der Waals surface area contributed by atoms with E-state index in [4.69, 9.17) is 20.3 Å².